The first kappa shape index (κ1) is 23.3. The molecule has 2 fully saturated rings. The summed E-state index contributed by atoms with van der Waals surface area (Å²) in [7, 11) is 0. The predicted molar refractivity (Wildman–Crippen MR) is 132 cm³/mol. The number of fused-ring (bicyclic) bond motifs is 1. The van der Waals surface area contributed by atoms with Crippen LogP contribution < -0.4 is 10.6 Å². The van der Waals surface area contributed by atoms with E-state index in [1.54, 1.807) is 0 Å². The highest BCUT2D eigenvalue weighted by Gasteiger charge is 2.30. The van der Waals surface area contributed by atoms with E-state index in [2.05, 4.69) is 51.7 Å². The zero-order valence-electron chi connectivity index (χ0n) is 18.1. The molecule has 0 aromatic heterocycles. The number of likely N-dealkylation sites (tertiary alicyclic amines) is 1. The van der Waals surface area contributed by atoms with Crippen LogP contribution in [0.5, 0.6) is 0 Å². The molecule has 30 heavy (non-hydrogen) atoms. The van der Waals surface area contributed by atoms with Crippen molar-refractivity contribution in [2.24, 2.45) is 4.99 Å². The van der Waals surface area contributed by atoms with Crippen LogP contribution >= 0.6 is 24.0 Å². The van der Waals surface area contributed by atoms with Crippen molar-refractivity contribution in [3.8, 4) is 0 Å². The molecule has 0 spiro atoms. The Morgan fingerprint density at radius 2 is 1.90 bits per heavy atom. The largest absolute Gasteiger partial charge is 0.357 e. The van der Waals surface area contributed by atoms with Crippen molar-refractivity contribution in [1.82, 2.24) is 20.4 Å². The lowest BCUT2D eigenvalue weighted by Gasteiger charge is -2.28. The number of aliphatic imine (C=N–C) groups is 1. The summed E-state index contributed by atoms with van der Waals surface area (Å²) in [5.74, 6) is 0.882. The van der Waals surface area contributed by atoms with E-state index in [9.17, 15) is 4.79 Å². The Balaban J connectivity index is 0.00000256. The summed E-state index contributed by atoms with van der Waals surface area (Å²) in [6.45, 7) is 6.83. The van der Waals surface area contributed by atoms with Gasteiger partial charge in [0.2, 0.25) is 5.91 Å². The van der Waals surface area contributed by atoms with Gasteiger partial charge in [0.25, 0.3) is 0 Å². The number of amides is 1. The standard InChI is InChI=1S/C23H35N5O.HI/c1-2-24-23(26-20-12-14-27(17-20)21-9-5-6-10-21)25-15-22(29)28-13-11-18-7-3-4-8-19(18)16-28;/h3-4,7-8,20-21H,2,5-6,9-17H2,1H3,(H2,24,25,26);1H. The quantitative estimate of drug-likeness (QED) is 0.353. The number of hydrogen-bond acceptors (Lipinski definition) is 3. The topological polar surface area (TPSA) is 60.0 Å². The molecular weight excluding hydrogens is 489 g/mol. The number of nitrogens with one attached hydrogen (secondary N) is 2. The molecule has 3 aliphatic rings. The smallest absolute Gasteiger partial charge is 0.244 e. The molecule has 2 aliphatic heterocycles. The lowest BCUT2D eigenvalue weighted by Crippen LogP contribution is -2.46. The molecule has 4 rings (SSSR count). The van der Waals surface area contributed by atoms with Gasteiger partial charge in [-0.2, -0.15) is 0 Å². The van der Waals surface area contributed by atoms with Gasteiger partial charge in [0.1, 0.15) is 6.54 Å². The average molecular weight is 525 g/mol. The summed E-state index contributed by atoms with van der Waals surface area (Å²) in [5.41, 5.74) is 2.63. The van der Waals surface area contributed by atoms with Crippen molar-refractivity contribution >= 4 is 35.8 Å². The fourth-order valence-electron chi connectivity index (χ4n) is 4.97. The second-order valence-corrected chi connectivity index (χ2v) is 8.59. The maximum atomic E-state index is 12.7. The maximum Gasteiger partial charge on any atom is 0.244 e. The van der Waals surface area contributed by atoms with Gasteiger partial charge in [-0.1, -0.05) is 37.1 Å². The van der Waals surface area contributed by atoms with Crippen LogP contribution in [0.15, 0.2) is 29.3 Å². The molecule has 1 aromatic carbocycles. The number of benzene rings is 1. The van der Waals surface area contributed by atoms with Crippen LogP contribution in [0, 0.1) is 0 Å². The molecule has 1 amide bonds. The Morgan fingerprint density at radius 3 is 2.67 bits per heavy atom. The van der Waals surface area contributed by atoms with Crippen molar-refractivity contribution < 1.29 is 4.79 Å². The van der Waals surface area contributed by atoms with Crippen molar-refractivity contribution in [2.75, 3.05) is 32.7 Å². The Labute approximate surface area is 197 Å². The molecule has 1 aliphatic carbocycles. The Morgan fingerprint density at radius 1 is 1.13 bits per heavy atom. The zero-order chi connectivity index (χ0) is 20.1. The van der Waals surface area contributed by atoms with Crippen LogP contribution in [0.2, 0.25) is 0 Å². The fraction of sp³-hybridized carbons (Fsp3) is 0.652. The van der Waals surface area contributed by atoms with E-state index in [1.807, 2.05) is 4.90 Å². The van der Waals surface area contributed by atoms with E-state index in [0.717, 1.165) is 44.5 Å². The van der Waals surface area contributed by atoms with Gasteiger partial charge in [-0.15, -0.1) is 24.0 Å². The monoisotopic (exact) mass is 525 g/mol. The van der Waals surface area contributed by atoms with Crippen molar-refractivity contribution in [3.63, 3.8) is 0 Å². The summed E-state index contributed by atoms with van der Waals surface area (Å²) >= 11 is 0. The van der Waals surface area contributed by atoms with Gasteiger partial charge in [-0.25, -0.2) is 4.99 Å². The SMILES string of the molecule is CCNC(=NCC(=O)N1CCc2ccccc2C1)NC1CCN(C2CCCC2)C1.I. The van der Waals surface area contributed by atoms with E-state index in [1.165, 1.54) is 43.4 Å². The Bertz CT molecular complexity index is 734. The van der Waals surface area contributed by atoms with Gasteiger partial charge in [0.15, 0.2) is 5.96 Å². The average Bonchev–Trinajstić information content (AvgIpc) is 3.43. The molecule has 1 saturated heterocycles. The highest BCUT2D eigenvalue weighted by Crippen LogP contribution is 2.26. The maximum absolute atomic E-state index is 12.7. The molecule has 7 heteroatoms. The molecule has 2 N–H and O–H groups in total. The molecule has 166 valence electrons. The molecule has 0 radical (unpaired) electrons. The van der Waals surface area contributed by atoms with Crippen LogP contribution in [0.4, 0.5) is 0 Å². The first-order chi connectivity index (χ1) is 14.2. The number of halogens is 1. The summed E-state index contributed by atoms with van der Waals surface area (Å²) in [5, 5.41) is 6.89. The van der Waals surface area contributed by atoms with E-state index in [0.29, 0.717) is 12.6 Å². The van der Waals surface area contributed by atoms with Gasteiger partial charge in [0.05, 0.1) is 0 Å². The van der Waals surface area contributed by atoms with Crippen LogP contribution in [0.1, 0.15) is 50.2 Å². The molecule has 1 unspecified atom stereocenters. The minimum atomic E-state index is 0. The summed E-state index contributed by atoms with van der Waals surface area (Å²) < 4.78 is 0. The molecular formula is C23H36IN5O. The summed E-state index contributed by atoms with van der Waals surface area (Å²) in [4.78, 5) is 21.9. The molecule has 6 nitrogen and oxygen atoms in total. The van der Waals surface area contributed by atoms with E-state index in [4.69, 9.17) is 0 Å². The minimum absolute atomic E-state index is 0. The van der Waals surface area contributed by atoms with Gasteiger partial charge in [-0.3, -0.25) is 9.69 Å². The third kappa shape index (κ3) is 5.87. The third-order valence-electron chi connectivity index (χ3n) is 6.60. The van der Waals surface area contributed by atoms with Gasteiger partial charge >= 0.3 is 0 Å². The molecule has 2 heterocycles. The van der Waals surface area contributed by atoms with Gasteiger partial charge < -0.3 is 15.5 Å². The lowest BCUT2D eigenvalue weighted by atomic mass is 10.00. The van der Waals surface area contributed by atoms with E-state index < -0.39 is 0 Å². The summed E-state index contributed by atoms with van der Waals surface area (Å²) in [6.07, 6.45) is 7.56. The number of rotatable bonds is 5. The third-order valence-corrected chi connectivity index (χ3v) is 6.60. The zero-order valence-corrected chi connectivity index (χ0v) is 20.4. The number of nitrogens with zero attached hydrogens (tertiary/aromatic N) is 3. The van der Waals surface area contributed by atoms with Crippen LogP contribution in [0.25, 0.3) is 0 Å². The Hall–Kier alpha value is -1.35. The number of hydrogen-bond donors (Lipinski definition) is 2. The van der Waals surface area contributed by atoms with Crippen molar-refractivity contribution in [1.29, 1.82) is 0 Å². The van der Waals surface area contributed by atoms with Gasteiger partial charge in [0, 0.05) is 44.8 Å². The first-order valence-corrected chi connectivity index (χ1v) is 11.4. The minimum Gasteiger partial charge on any atom is -0.357 e. The second kappa shape index (κ2) is 11.3. The number of carbonyl (C=O) groups is 1. The van der Waals surface area contributed by atoms with Crippen molar-refractivity contribution in [3.05, 3.63) is 35.4 Å². The van der Waals surface area contributed by atoms with Crippen molar-refractivity contribution in [2.45, 2.75) is 64.1 Å². The summed E-state index contributed by atoms with van der Waals surface area (Å²) in [6, 6.07) is 9.62. The highest BCUT2D eigenvalue weighted by atomic mass is 127. The van der Waals surface area contributed by atoms with E-state index in [-0.39, 0.29) is 36.4 Å². The first-order valence-electron chi connectivity index (χ1n) is 11.4. The molecule has 1 saturated carbocycles. The second-order valence-electron chi connectivity index (χ2n) is 8.59. The highest BCUT2D eigenvalue weighted by molar-refractivity contribution is 14.0. The number of carbonyl (C=O) groups excluding carboxylic acids is 1. The van der Waals surface area contributed by atoms with Crippen LogP contribution in [0.3, 0.4) is 0 Å². The number of guanidine groups is 1. The van der Waals surface area contributed by atoms with Gasteiger partial charge in [-0.05, 0) is 43.7 Å². The molecule has 0 bridgehead atoms. The molecule has 1 atom stereocenters. The fourth-order valence-corrected chi connectivity index (χ4v) is 4.97. The molecule has 1 aromatic rings. The van der Waals surface area contributed by atoms with Crippen LogP contribution in [-0.2, 0) is 17.8 Å². The lowest BCUT2D eigenvalue weighted by molar-refractivity contribution is -0.130. The van der Waals surface area contributed by atoms with Crippen LogP contribution in [-0.4, -0.2) is 66.5 Å². The predicted octanol–water partition coefficient (Wildman–Crippen LogP) is 2.76. The van der Waals surface area contributed by atoms with E-state index >= 15 is 0 Å². The Kier molecular flexibility index (Phi) is 8.80. The normalized spacial score (nSPS) is 22.5.